The molecule has 1 aromatic carbocycles. The largest absolute Gasteiger partial charge is 0.378 e. The second kappa shape index (κ2) is 8.45. The van der Waals surface area contributed by atoms with Gasteiger partial charge in [0.05, 0.1) is 18.9 Å². The first-order valence-corrected chi connectivity index (χ1v) is 11.2. The maximum absolute atomic E-state index is 5.54. The Morgan fingerprint density at radius 2 is 1.90 bits per heavy atom. The summed E-state index contributed by atoms with van der Waals surface area (Å²) >= 11 is 1.85. The zero-order valence-corrected chi connectivity index (χ0v) is 17.7. The topological polar surface area (TPSA) is 66.9 Å². The smallest absolute Gasteiger partial charge is 0.130 e. The van der Waals surface area contributed by atoms with Gasteiger partial charge in [-0.25, -0.2) is 4.98 Å². The highest BCUT2D eigenvalue weighted by Gasteiger charge is 2.18. The van der Waals surface area contributed by atoms with Crippen LogP contribution in [0.2, 0.25) is 0 Å². The monoisotopic (exact) mass is 417 g/mol. The van der Waals surface area contributed by atoms with Crippen LogP contribution in [0.4, 0.5) is 5.82 Å². The average molecular weight is 418 g/mol. The quantitative estimate of drug-likeness (QED) is 0.477. The summed E-state index contributed by atoms with van der Waals surface area (Å²) in [6.45, 7) is 5.29. The van der Waals surface area contributed by atoms with E-state index in [2.05, 4.69) is 63.4 Å². The van der Waals surface area contributed by atoms with Gasteiger partial charge in [-0.3, -0.25) is 10.1 Å². The number of benzene rings is 1. The standard InChI is InChI=1S/C23H23N5OS/c1-2-30-17-5-3-16(4-6-17)19-15-21(28-11-13-29-14-12-28)26-22-18(19)7-9-24-23(22)20-8-10-25-27-20/h3-10,15H,2,11-14H2,1H3,(H,25,27). The lowest BCUT2D eigenvalue weighted by molar-refractivity contribution is 0.122. The van der Waals surface area contributed by atoms with Gasteiger partial charge in [0.1, 0.15) is 17.0 Å². The number of morpholine rings is 1. The first-order chi connectivity index (χ1) is 14.8. The molecule has 1 fully saturated rings. The zero-order chi connectivity index (χ0) is 20.3. The van der Waals surface area contributed by atoms with Gasteiger partial charge in [-0.2, -0.15) is 5.10 Å². The van der Waals surface area contributed by atoms with E-state index in [0.717, 1.165) is 65.7 Å². The lowest BCUT2D eigenvalue weighted by atomic mass is 10.00. The number of H-pyrrole nitrogens is 1. The van der Waals surface area contributed by atoms with Crippen molar-refractivity contribution in [1.29, 1.82) is 0 Å². The molecule has 7 heteroatoms. The molecule has 152 valence electrons. The fraction of sp³-hybridized carbons (Fsp3) is 0.261. The molecular weight excluding hydrogens is 394 g/mol. The van der Waals surface area contributed by atoms with Crippen molar-refractivity contribution >= 4 is 28.5 Å². The van der Waals surface area contributed by atoms with Crippen LogP contribution >= 0.6 is 11.8 Å². The van der Waals surface area contributed by atoms with Gasteiger partial charge in [-0.15, -0.1) is 11.8 Å². The van der Waals surface area contributed by atoms with Crippen LogP contribution < -0.4 is 4.90 Å². The Bertz CT molecular complexity index is 1140. The molecule has 1 aliphatic heterocycles. The highest BCUT2D eigenvalue weighted by Crippen LogP contribution is 2.35. The summed E-state index contributed by atoms with van der Waals surface area (Å²) in [5, 5.41) is 8.23. The van der Waals surface area contributed by atoms with Crippen molar-refractivity contribution in [2.75, 3.05) is 37.0 Å². The fourth-order valence-electron chi connectivity index (χ4n) is 3.81. The molecule has 0 radical (unpaired) electrons. The molecule has 0 aliphatic carbocycles. The Kier molecular flexibility index (Phi) is 5.38. The molecule has 0 atom stereocenters. The van der Waals surface area contributed by atoms with E-state index >= 15 is 0 Å². The number of rotatable bonds is 5. The molecule has 4 heterocycles. The highest BCUT2D eigenvalue weighted by atomic mass is 32.2. The first kappa shape index (κ1) is 19.1. The number of aromatic amines is 1. The number of aromatic nitrogens is 4. The third-order valence-electron chi connectivity index (χ3n) is 5.28. The molecule has 1 N–H and O–H groups in total. The van der Waals surface area contributed by atoms with E-state index in [0.29, 0.717) is 0 Å². The van der Waals surface area contributed by atoms with Gasteiger partial charge < -0.3 is 9.64 Å². The number of anilines is 1. The molecule has 1 aliphatic rings. The SMILES string of the molecule is CCSc1ccc(-c2cc(N3CCOCC3)nc3c(-c4ccn[nH]4)nccc23)cc1. The molecule has 0 saturated carbocycles. The number of hydrogen-bond donors (Lipinski definition) is 1. The maximum atomic E-state index is 5.54. The number of nitrogens with one attached hydrogen (secondary N) is 1. The number of pyridine rings is 2. The van der Waals surface area contributed by atoms with E-state index in [-0.39, 0.29) is 0 Å². The minimum absolute atomic E-state index is 0.721. The molecular formula is C23H23N5OS. The molecule has 30 heavy (non-hydrogen) atoms. The fourth-order valence-corrected chi connectivity index (χ4v) is 4.48. The van der Waals surface area contributed by atoms with Crippen molar-refractivity contribution in [3.8, 4) is 22.5 Å². The van der Waals surface area contributed by atoms with Crippen molar-refractivity contribution in [2.24, 2.45) is 0 Å². The minimum atomic E-state index is 0.721. The van der Waals surface area contributed by atoms with Crippen molar-refractivity contribution in [3.05, 3.63) is 54.9 Å². The van der Waals surface area contributed by atoms with Crippen LogP contribution in [0.1, 0.15) is 6.92 Å². The second-order valence-electron chi connectivity index (χ2n) is 7.11. The number of nitrogens with zero attached hydrogens (tertiary/aromatic N) is 4. The summed E-state index contributed by atoms with van der Waals surface area (Å²) in [6, 6.07) is 15.0. The molecule has 5 rings (SSSR count). The van der Waals surface area contributed by atoms with Gasteiger partial charge in [0.15, 0.2) is 0 Å². The van der Waals surface area contributed by atoms with Crippen LogP contribution in [0.3, 0.4) is 0 Å². The average Bonchev–Trinajstić information content (AvgIpc) is 3.34. The van der Waals surface area contributed by atoms with Gasteiger partial charge in [0, 0.05) is 35.8 Å². The van der Waals surface area contributed by atoms with Crippen LogP contribution in [-0.2, 0) is 4.74 Å². The molecule has 0 bridgehead atoms. The van der Waals surface area contributed by atoms with E-state index in [9.17, 15) is 0 Å². The van der Waals surface area contributed by atoms with Gasteiger partial charge in [-0.1, -0.05) is 19.1 Å². The predicted molar refractivity (Wildman–Crippen MR) is 122 cm³/mol. The number of thioether (sulfide) groups is 1. The number of ether oxygens (including phenoxy) is 1. The van der Waals surface area contributed by atoms with Crippen LogP contribution in [0.25, 0.3) is 33.4 Å². The molecule has 1 saturated heterocycles. The van der Waals surface area contributed by atoms with Crippen molar-refractivity contribution in [1.82, 2.24) is 20.2 Å². The first-order valence-electron chi connectivity index (χ1n) is 10.2. The number of fused-ring (bicyclic) bond motifs is 1. The third kappa shape index (κ3) is 3.66. The van der Waals surface area contributed by atoms with Gasteiger partial charge in [-0.05, 0) is 47.2 Å². The zero-order valence-electron chi connectivity index (χ0n) is 16.8. The van der Waals surface area contributed by atoms with E-state index in [4.69, 9.17) is 9.72 Å². The van der Waals surface area contributed by atoms with Gasteiger partial charge in [0.2, 0.25) is 0 Å². The Morgan fingerprint density at radius 1 is 1.07 bits per heavy atom. The highest BCUT2D eigenvalue weighted by molar-refractivity contribution is 7.99. The molecule has 0 unspecified atom stereocenters. The summed E-state index contributed by atoms with van der Waals surface area (Å²) in [4.78, 5) is 13.2. The molecule has 4 aromatic rings. The van der Waals surface area contributed by atoms with Crippen LogP contribution in [0.5, 0.6) is 0 Å². The maximum Gasteiger partial charge on any atom is 0.130 e. The second-order valence-corrected chi connectivity index (χ2v) is 8.45. The third-order valence-corrected chi connectivity index (χ3v) is 6.18. The molecule has 0 amide bonds. The van der Waals surface area contributed by atoms with E-state index in [1.165, 1.54) is 10.5 Å². The van der Waals surface area contributed by atoms with E-state index < -0.39 is 0 Å². The lowest BCUT2D eigenvalue weighted by Crippen LogP contribution is -2.36. The predicted octanol–water partition coefficient (Wildman–Crippen LogP) is 4.64. The minimum Gasteiger partial charge on any atom is -0.378 e. The summed E-state index contributed by atoms with van der Waals surface area (Å²) in [5.41, 5.74) is 4.91. The van der Waals surface area contributed by atoms with Gasteiger partial charge >= 0.3 is 0 Å². The Balaban J connectivity index is 1.70. The van der Waals surface area contributed by atoms with Crippen LogP contribution in [0, 0.1) is 0 Å². The summed E-state index contributed by atoms with van der Waals surface area (Å²) in [5.74, 6) is 2.03. The summed E-state index contributed by atoms with van der Waals surface area (Å²) < 4.78 is 5.54. The van der Waals surface area contributed by atoms with Crippen molar-refractivity contribution in [3.63, 3.8) is 0 Å². The molecule has 3 aromatic heterocycles. The Morgan fingerprint density at radius 3 is 2.63 bits per heavy atom. The van der Waals surface area contributed by atoms with Crippen LogP contribution in [0.15, 0.2) is 59.8 Å². The Labute approximate surface area is 179 Å². The lowest BCUT2D eigenvalue weighted by Gasteiger charge is -2.28. The summed E-state index contributed by atoms with van der Waals surface area (Å²) in [7, 11) is 0. The molecule has 0 spiro atoms. The van der Waals surface area contributed by atoms with Crippen molar-refractivity contribution < 1.29 is 4.74 Å². The number of hydrogen-bond acceptors (Lipinski definition) is 6. The van der Waals surface area contributed by atoms with Crippen LogP contribution in [-0.4, -0.2) is 52.2 Å². The van der Waals surface area contributed by atoms with Gasteiger partial charge in [0.25, 0.3) is 0 Å². The van der Waals surface area contributed by atoms with E-state index in [1.807, 2.05) is 24.0 Å². The van der Waals surface area contributed by atoms with Crippen molar-refractivity contribution in [2.45, 2.75) is 11.8 Å². The van der Waals surface area contributed by atoms with E-state index in [1.54, 1.807) is 6.20 Å². The molecule has 6 nitrogen and oxygen atoms in total. The summed E-state index contributed by atoms with van der Waals surface area (Å²) in [6.07, 6.45) is 3.59. The normalized spacial score (nSPS) is 14.4. The Hall–Kier alpha value is -2.90.